The number of imide groups is 1. The minimum atomic E-state index is -0.795. The molecule has 1 atom stereocenters. The van der Waals surface area contributed by atoms with Crippen LogP contribution >= 0.6 is 0 Å². The van der Waals surface area contributed by atoms with Crippen molar-refractivity contribution in [2.75, 3.05) is 33.4 Å². The first-order valence-corrected chi connectivity index (χ1v) is 10.1. The van der Waals surface area contributed by atoms with Gasteiger partial charge >= 0.3 is 6.09 Å². The lowest BCUT2D eigenvalue weighted by Crippen LogP contribution is -2.44. The van der Waals surface area contributed by atoms with Crippen LogP contribution < -0.4 is 15.4 Å². The summed E-state index contributed by atoms with van der Waals surface area (Å²) in [5, 5.41) is 5.18. The molecule has 0 saturated heterocycles. The molecule has 0 unspecified atom stereocenters. The maximum Gasteiger partial charge on any atom is 0.413 e. The normalized spacial score (nSPS) is 11.5. The summed E-state index contributed by atoms with van der Waals surface area (Å²) in [6.07, 6.45) is -0.795. The molecule has 0 heterocycles. The number of hydrogen-bond acceptors (Lipinski definition) is 6. The molecule has 31 heavy (non-hydrogen) atoms. The van der Waals surface area contributed by atoms with Gasteiger partial charge < -0.3 is 14.8 Å². The van der Waals surface area contributed by atoms with Gasteiger partial charge in [-0.2, -0.15) is 0 Å². The SMILES string of the molecule is CCOC(=O)NC(=O)CN(CC)CC(=O)N[C@@H](c1ccccc1)c1ccc(OC)cc1. The zero-order valence-corrected chi connectivity index (χ0v) is 18.1. The smallest absolute Gasteiger partial charge is 0.413 e. The van der Waals surface area contributed by atoms with E-state index < -0.39 is 12.0 Å². The highest BCUT2D eigenvalue weighted by molar-refractivity contribution is 5.93. The quantitative estimate of drug-likeness (QED) is 0.605. The molecule has 0 fully saturated rings. The Kier molecular flexibility index (Phi) is 9.51. The van der Waals surface area contributed by atoms with Crippen molar-refractivity contribution >= 4 is 17.9 Å². The van der Waals surface area contributed by atoms with Crippen molar-refractivity contribution in [1.29, 1.82) is 0 Å². The second-order valence-electron chi connectivity index (χ2n) is 6.76. The number of carbonyl (C=O) groups excluding carboxylic acids is 3. The maximum atomic E-state index is 12.8. The van der Waals surface area contributed by atoms with Crippen molar-refractivity contribution < 1.29 is 23.9 Å². The van der Waals surface area contributed by atoms with E-state index in [4.69, 9.17) is 9.47 Å². The van der Waals surface area contributed by atoms with Gasteiger partial charge in [-0.25, -0.2) is 4.79 Å². The molecule has 0 aliphatic heterocycles. The van der Waals surface area contributed by atoms with Crippen LogP contribution in [0, 0.1) is 0 Å². The molecule has 166 valence electrons. The van der Waals surface area contributed by atoms with E-state index >= 15 is 0 Å². The third kappa shape index (κ3) is 7.75. The van der Waals surface area contributed by atoms with Crippen LogP contribution in [0.4, 0.5) is 4.79 Å². The molecule has 2 aromatic rings. The van der Waals surface area contributed by atoms with Crippen molar-refractivity contribution in [3.63, 3.8) is 0 Å². The second-order valence-corrected chi connectivity index (χ2v) is 6.76. The van der Waals surface area contributed by atoms with Crippen LogP contribution in [-0.4, -0.2) is 56.2 Å². The number of benzene rings is 2. The predicted molar refractivity (Wildman–Crippen MR) is 117 cm³/mol. The summed E-state index contributed by atoms with van der Waals surface area (Å²) in [5.74, 6) is -0.0371. The zero-order chi connectivity index (χ0) is 22.6. The van der Waals surface area contributed by atoms with Crippen molar-refractivity contribution in [2.45, 2.75) is 19.9 Å². The number of hydrogen-bond donors (Lipinski definition) is 2. The Morgan fingerprint density at radius 2 is 1.52 bits per heavy atom. The maximum absolute atomic E-state index is 12.8. The summed E-state index contributed by atoms with van der Waals surface area (Å²) in [7, 11) is 1.60. The van der Waals surface area contributed by atoms with E-state index in [0.717, 1.165) is 16.9 Å². The van der Waals surface area contributed by atoms with E-state index in [1.165, 1.54) is 0 Å². The van der Waals surface area contributed by atoms with Gasteiger partial charge in [0.05, 0.1) is 32.8 Å². The number of methoxy groups -OCH3 is 1. The number of carbonyl (C=O) groups is 3. The van der Waals surface area contributed by atoms with Gasteiger partial charge in [0.1, 0.15) is 5.75 Å². The number of amides is 3. The summed E-state index contributed by atoms with van der Waals surface area (Å²) in [6.45, 7) is 4.03. The zero-order valence-electron chi connectivity index (χ0n) is 18.1. The summed E-state index contributed by atoms with van der Waals surface area (Å²) < 4.78 is 9.92. The van der Waals surface area contributed by atoms with Gasteiger partial charge in [-0.1, -0.05) is 49.4 Å². The van der Waals surface area contributed by atoms with E-state index in [0.29, 0.717) is 6.54 Å². The Labute approximate surface area is 182 Å². The van der Waals surface area contributed by atoms with Gasteiger partial charge in [-0.15, -0.1) is 0 Å². The first-order chi connectivity index (χ1) is 15.0. The molecule has 0 spiro atoms. The Morgan fingerprint density at radius 1 is 0.903 bits per heavy atom. The number of nitrogens with one attached hydrogen (secondary N) is 2. The van der Waals surface area contributed by atoms with Crippen LogP contribution in [0.1, 0.15) is 31.0 Å². The van der Waals surface area contributed by atoms with Gasteiger partial charge in [0.25, 0.3) is 0 Å². The predicted octanol–water partition coefficient (Wildman–Crippen LogP) is 2.50. The number of nitrogens with zero attached hydrogens (tertiary/aromatic N) is 1. The topological polar surface area (TPSA) is 97.0 Å². The highest BCUT2D eigenvalue weighted by atomic mass is 16.5. The molecule has 0 aliphatic carbocycles. The Balaban J connectivity index is 2.06. The molecule has 8 nitrogen and oxygen atoms in total. The highest BCUT2D eigenvalue weighted by Gasteiger charge is 2.20. The Hall–Kier alpha value is -3.39. The number of likely N-dealkylation sites (N-methyl/N-ethyl adjacent to an activating group) is 1. The average molecular weight is 428 g/mol. The van der Waals surface area contributed by atoms with E-state index in [9.17, 15) is 14.4 Å². The van der Waals surface area contributed by atoms with Crippen LogP contribution in [0.3, 0.4) is 0 Å². The summed E-state index contributed by atoms with van der Waals surface area (Å²) in [4.78, 5) is 37.8. The minimum Gasteiger partial charge on any atom is -0.497 e. The van der Waals surface area contributed by atoms with Crippen LogP contribution in [-0.2, 0) is 14.3 Å². The largest absolute Gasteiger partial charge is 0.497 e. The monoisotopic (exact) mass is 427 g/mol. The average Bonchev–Trinajstić information content (AvgIpc) is 2.77. The molecule has 8 heteroatoms. The second kappa shape index (κ2) is 12.3. The molecule has 2 N–H and O–H groups in total. The standard InChI is InChI=1S/C23H29N3O5/c1-4-26(16-21(28)25-23(29)31-5-2)15-20(27)24-22(17-9-7-6-8-10-17)18-11-13-19(30-3)14-12-18/h6-14,22H,4-5,15-16H2,1-3H3,(H,24,27)(H,25,28,29)/t22-/m0/s1. The molecule has 0 radical (unpaired) electrons. The lowest BCUT2D eigenvalue weighted by molar-refractivity contribution is -0.125. The fourth-order valence-corrected chi connectivity index (χ4v) is 3.01. The molecule has 0 aromatic heterocycles. The van der Waals surface area contributed by atoms with Gasteiger partial charge in [0.2, 0.25) is 11.8 Å². The fraction of sp³-hybridized carbons (Fsp3) is 0.348. The molecule has 2 aromatic carbocycles. The van der Waals surface area contributed by atoms with Gasteiger partial charge in [0.15, 0.2) is 0 Å². The van der Waals surface area contributed by atoms with E-state index in [2.05, 4.69) is 10.6 Å². The third-order valence-electron chi connectivity index (χ3n) is 4.59. The van der Waals surface area contributed by atoms with Crippen LogP contribution in [0.2, 0.25) is 0 Å². The van der Waals surface area contributed by atoms with Crippen molar-refractivity contribution in [3.05, 3.63) is 65.7 Å². The summed E-state index contributed by atoms with van der Waals surface area (Å²) >= 11 is 0. The van der Waals surface area contributed by atoms with Gasteiger partial charge in [-0.05, 0) is 36.7 Å². The van der Waals surface area contributed by atoms with Crippen LogP contribution in [0.25, 0.3) is 0 Å². The molecular weight excluding hydrogens is 398 g/mol. The minimum absolute atomic E-state index is 0.00618. The number of rotatable bonds is 10. The molecule has 0 aliphatic rings. The first kappa shape index (κ1) is 23.9. The van der Waals surface area contributed by atoms with Crippen molar-refractivity contribution in [3.8, 4) is 5.75 Å². The van der Waals surface area contributed by atoms with E-state index in [1.54, 1.807) is 18.9 Å². The van der Waals surface area contributed by atoms with E-state index in [-0.39, 0.29) is 31.6 Å². The van der Waals surface area contributed by atoms with Gasteiger partial charge in [-0.3, -0.25) is 19.8 Å². The van der Waals surface area contributed by atoms with Gasteiger partial charge in [0, 0.05) is 0 Å². The van der Waals surface area contributed by atoms with E-state index in [1.807, 2.05) is 61.5 Å². The molecular formula is C23H29N3O5. The number of alkyl carbamates (subject to hydrolysis) is 1. The summed E-state index contributed by atoms with van der Waals surface area (Å²) in [5.41, 5.74) is 1.84. The molecule has 0 saturated carbocycles. The molecule has 3 amide bonds. The Bertz CT molecular complexity index is 855. The summed E-state index contributed by atoms with van der Waals surface area (Å²) in [6, 6.07) is 16.8. The molecule has 2 rings (SSSR count). The number of ether oxygens (including phenoxy) is 2. The lowest BCUT2D eigenvalue weighted by atomic mass is 9.98. The Morgan fingerprint density at radius 3 is 2.10 bits per heavy atom. The third-order valence-corrected chi connectivity index (χ3v) is 4.59. The van der Waals surface area contributed by atoms with Crippen molar-refractivity contribution in [2.24, 2.45) is 0 Å². The van der Waals surface area contributed by atoms with Crippen LogP contribution in [0.15, 0.2) is 54.6 Å². The highest BCUT2D eigenvalue weighted by Crippen LogP contribution is 2.24. The van der Waals surface area contributed by atoms with Crippen LogP contribution in [0.5, 0.6) is 5.75 Å². The lowest BCUT2D eigenvalue weighted by Gasteiger charge is -2.23. The first-order valence-electron chi connectivity index (χ1n) is 10.1. The van der Waals surface area contributed by atoms with Crippen molar-refractivity contribution in [1.82, 2.24) is 15.5 Å². The fourth-order valence-electron chi connectivity index (χ4n) is 3.01. The molecule has 0 bridgehead atoms.